The number of H-pyrrole nitrogens is 1. The number of ketones is 1. The number of ether oxygens (including phenoxy) is 1. The number of nitrogens with one attached hydrogen (secondary N) is 1. The van der Waals surface area contributed by atoms with Gasteiger partial charge < -0.3 is 14.6 Å². The third-order valence-electron chi connectivity index (χ3n) is 7.70. The van der Waals surface area contributed by atoms with Crippen LogP contribution in [0.15, 0.2) is 103 Å². The normalized spacial score (nSPS) is 14.9. The molecule has 0 amide bonds. The number of benzene rings is 4. The number of carbonyl (C=O) groups excluding carboxylic acids is 1. The fourth-order valence-corrected chi connectivity index (χ4v) is 5.67. The van der Waals surface area contributed by atoms with Crippen molar-refractivity contribution in [1.29, 1.82) is 0 Å². The molecule has 1 fully saturated rings. The molecule has 5 aromatic rings. The Morgan fingerprint density at radius 3 is 2.24 bits per heavy atom. The Hall–Kier alpha value is -4.38. The summed E-state index contributed by atoms with van der Waals surface area (Å²) in [5.41, 5.74) is 5.63. The zero-order valence-corrected chi connectivity index (χ0v) is 21.5. The standard InChI is InChI=1S/C33H31N3O2/c1-38-28-15-12-23(13-16-28)31(24-18-20-36(21-19-24)27-10-6-3-7-11-27)33-34-29-17-14-26(22-30(29)35-33)32(37)25-8-4-2-5-9-25/h2-17,22,24,31H,18-21H2,1H3,(H,34,35). The summed E-state index contributed by atoms with van der Waals surface area (Å²) in [6.07, 6.45) is 2.14. The Morgan fingerprint density at radius 1 is 0.868 bits per heavy atom. The molecule has 1 atom stereocenters. The third kappa shape index (κ3) is 4.80. The van der Waals surface area contributed by atoms with Gasteiger partial charge in [0.05, 0.1) is 18.1 Å². The Balaban J connectivity index is 1.32. The second kappa shape index (κ2) is 10.5. The maximum Gasteiger partial charge on any atom is 0.193 e. The van der Waals surface area contributed by atoms with E-state index in [1.54, 1.807) is 7.11 Å². The van der Waals surface area contributed by atoms with Crippen LogP contribution < -0.4 is 9.64 Å². The van der Waals surface area contributed by atoms with Gasteiger partial charge in [-0.1, -0.05) is 60.7 Å². The van der Waals surface area contributed by atoms with E-state index >= 15 is 0 Å². The van der Waals surface area contributed by atoms with Crippen molar-refractivity contribution in [2.24, 2.45) is 5.92 Å². The number of anilines is 1. The lowest BCUT2D eigenvalue weighted by atomic mass is 9.79. The molecular weight excluding hydrogens is 470 g/mol. The summed E-state index contributed by atoms with van der Waals surface area (Å²) >= 11 is 0. The van der Waals surface area contributed by atoms with Crippen LogP contribution in [0.4, 0.5) is 5.69 Å². The molecule has 0 spiro atoms. The van der Waals surface area contributed by atoms with E-state index in [0.29, 0.717) is 17.0 Å². The fourth-order valence-electron chi connectivity index (χ4n) is 5.67. The van der Waals surface area contributed by atoms with E-state index < -0.39 is 0 Å². The van der Waals surface area contributed by atoms with Gasteiger partial charge >= 0.3 is 0 Å². The second-order valence-corrected chi connectivity index (χ2v) is 9.96. The summed E-state index contributed by atoms with van der Waals surface area (Å²) < 4.78 is 5.42. The Morgan fingerprint density at radius 2 is 1.55 bits per heavy atom. The van der Waals surface area contributed by atoms with Crippen molar-refractivity contribution in [2.75, 3.05) is 25.1 Å². The summed E-state index contributed by atoms with van der Waals surface area (Å²) in [6.45, 7) is 2.02. The van der Waals surface area contributed by atoms with Crippen molar-refractivity contribution < 1.29 is 9.53 Å². The highest BCUT2D eigenvalue weighted by Gasteiger charge is 2.31. The topological polar surface area (TPSA) is 58.2 Å². The van der Waals surface area contributed by atoms with Gasteiger partial charge in [-0.25, -0.2) is 4.98 Å². The molecule has 1 N–H and O–H groups in total. The van der Waals surface area contributed by atoms with Gasteiger partial charge in [-0.2, -0.15) is 0 Å². The number of piperidine rings is 1. The Labute approximate surface area is 223 Å². The van der Waals surface area contributed by atoms with Gasteiger partial charge in [0.1, 0.15) is 11.6 Å². The number of hydrogen-bond acceptors (Lipinski definition) is 4. The maximum absolute atomic E-state index is 13.1. The van der Waals surface area contributed by atoms with Crippen molar-refractivity contribution in [3.63, 3.8) is 0 Å². The Bertz CT molecular complexity index is 1520. The number of nitrogens with zero attached hydrogens (tertiary/aromatic N) is 2. The number of methoxy groups -OCH3 is 1. The van der Waals surface area contributed by atoms with Gasteiger partial charge in [0, 0.05) is 35.8 Å². The molecule has 190 valence electrons. The van der Waals surface area contributed by atoms with Crippen LogP contribution >= 0.6 is 0 Å². The molecule has 1 aliphatic heterocycles. The molecule has 0 aliphatic carbocycles. The molecule has 38 heavy (non-hydrogen) atoms. The van der Waals surface area contributed by atoms with Crippen LogP contribution in [0.5, 0.6) is 5.75 Å². The van der Waals surface area contributed by atoms with Crippen LogP contribution in [-0.4, -0.2) is 36.0 Å². The third-order valence-corrected chi connectivity index (χ3v) is 7.70. The van der Waals surface area contributed by atoms with Gasteiger partial charge in [0.25, 0.3) is 0 Å². The first-order valence-corrected chi connectivity index (χ1v) is 13.2. The number of fused-ring (bicyclic) bond motifs is 1. The first kappa shape index (κ1) is 24.0. The number of carbonyl (C=O) groups is 1. The summed E-state index contributed by atoms with van der Waals surface area (Å²) in [7, 11) is 1.69. The fraction of sp³-hybridized carbons (Fsp3) is 0.212. The smallest absolute Gasteiger partial charge is 0.193 e. The molecule has 1 aliphatic rings. The number of para-hydroxylation sites is 1. The van der Waals surface area contributed by atoms with Gasteiger partial charge in [0.15, 0.2) is 5.78 Å². The highest BCUT2D eigenvalue weighted by Crippen LogP contribution is 2.39. The zero-order chi connectivity index (χ0) is 25.9. The average molecular weight is 502 g/mol. The predicted octanol–water partition coefficient (Wildman–Crippen LogP) is 6.85. The summed E-state index contributed by atoms with van der Waals surface area (Å²) in [4.78, 5) is 24.2. The largest absolute Gasteiger partial charge is 0.497 e. The minimum atomic E-state index is 0.0173. The van der Waals surface area contributed by atoms with Crippen LogP contribution in [0.3, 0.4) is 0 Å². The van der Waals surface area contributed by atoms with Crippen LogP contribution in [0.1, 0.15) is 46.1 Å². The lowest BCUT2D eigenvalue weighted by Gasteiger charge is -2.37. The summed E-state index contributed by atoms with van der Waals surface area (Å²) in [6, 6.07) is 34.2. The first-order valence-electron chi connectivity index (χ1n) is 13.2. The number of aromatic nitrogens is 2. The SMILES string of the molecule is COc1ccc(C(c2nc3ccc(C(=O)c4ccccc4)cc3[nH]2)C2CCN(c3ccccc3)CC2)cc1. The summed E-state index contributed by atoms with van der Waals surface area (Å²) in [5, 5.41) is 0. The molecule has 1 aromatic heterocycles. The van der Waals surface area contributed by atoms with E-state index in [9.17, 15) is 4.79 Å². The van der Waals surface area contributed by atoms with Gasteiger partial charge in [-0.05, 0) is 66.8 Å². The van der Waals surface area contributed by atoms with Crippen molar-refractivity contribution in [3.8, 4) is 5.75 Å². The molecule has 0 radical (unpaired) electrons. The van der Waals surface area contributed by atoms with Crippen LogP contribution in [0.2, 0.25) is 0 Å². The molecular formula is C33H31N3O2. The van der Waals surface area contributed by atoms with Gasteiger partial charge in [-0.15, -0.1) is 0 Å². The van der Waals surface area contributed by atoms with Crippen molar-refractivity contribution >= 4 is 22.5 Å². The molecule has 4 aromatic carbocycles. The molecule has 2 heterocycles. The second-order valence-electron chi connectivity index (χ2n) is 9.96. The summed E-state index contributed by atoms with van der Waals surface area (Å²) in [5.74, 6) is 2.38. The minimum Gasteiger partial charge on any atom is -0.497 e. The molecule has 6 rings (SSSR count). The van der Waals surface area contributed by atoms with E-state index in [2.05, 4.69) is 52.3 Å². The number of rotatable bonds is 7. The van der Waals surface area contributed by atoms with E-state index in [1.165, 1.54) is 11.3 Å². The van der Waals surface area contributed by atoms with Crippen molar-refractivity contribution in [1.82, 2.24) is 9.97 Å². The highest BCUT2D eigenvalue weighted by molar-refractivity contribution is 6.10. The van der Waals surface area contributed by atoms with Crippen LogP contribution in [0, 0.1) is 5.92 Å². The molecule has 0 bridgehead atoms. The van der Waals surface area contributed by atoms with Gasteiger partial charge in [0.2, 0.25) is 0 Å². The van der Waals surface area contributed by atoms with Crippen molar-refractivity contribution in [3.05, 3.63) is 126 Å². The quantitative estimate of drug-likeness (QED) is 0.248. The van der Waals surface area contributed by atoms with Crippen molar-refractivity contribution in [2.45, 2.75) is 18.8 Å². The number of hydrogen-bond donors (Lipinski definition) is 1. The molecule has 1 unspecified atom stereocenters. The molecule has 5 heteroatoms. The van der Waals surface area contributed by atoms with E-state index in [4.69, 9.17) is 9.72 Å². The first-order chi connectivity index (χ1) is 18.7. The highest BCUT2D eigenvalue weighted by atomic mass is 16.5. The number of aromatic amines is 1. The zero-order valence-electron chi connectivity index (χ0n) is 21.5. The number of imidazole rings is 1. The van der Waals surface area contributed by atoms with E-state index in [0.717, 1.165) is 48.5 Å². The monoisotopic (exact) mass is 501 g/mol. The van der Waals surface area contributed by atoms with Crippen LogP contribution in [-0.2, 0) is 0 Å². The van der Waals surface area contributed by atoms with E-state index in [-0.39, 0.29) is 11.7 Å². The van der Waals surface area contributed by atoms with Crippen LogP contribution in [0.25, 0.3) is 11.0 Å². The lowest BCUT2D eigenvalue weighted by Crippen LogP contribution is -2.36. The predicted molar refractivity (Wildman–Crippen MR) is 152 cm³/mol. The lowest BCUT2D eigenvalue weighted by molar-refractivity contribution is 0.103. The molecule has 0 saturated carbocycles. The minimum absolute atomic E-state index is 0.0173. The van der Waals surface area contributed by atoms with Gasteiger partial charge in [-0.3, -0.25) is 4.79 Å². The molecule has 5 nitrogen and oxygen atoms in total. The maximum atomic E-state index is 13.1. The Kier molecular flexibility index (Phi) is 6.65. The average Bonchev–Trinajstić information content (AvgIpc) is 3.41. The molecule has 1 saturated heterocycles. The van der Waals surface area contributed by atoms with E-state index in [1.807, 2.05) is 60.7 Å².